The highest BCUT2D eigenvalue weighted by atomic mass is 16.4. The van der Waals surface area contributed by atoms with Crippen LogP contribution in [0.1, 0.15) is 10.4 Å². The molecule has 1 amide bonds. The molecule has 0 unspecified atom stereocenters. The molecule has 3 aromatic rings. The fourth-order valence-corrected chi connectivity index (χ4v) is 2.19. The number of rotatable bonds is 2. The fourth-order valence-electron chi connectivity index (χ4n) is 2.19. The zero-order valence-electron chi connectivity index (χ0n) is 11.8. The molecule has 2 aromatic carbocycles. The first-order valence-electron chi connectivity index (χ1n) is 6.66. The Morgan fingerprint density at radius 2 is 1.77 bits per heavy atom. The molecule has 5 nitrogen and oxygen atoms in total. The molecule has 0 aliphatic carbocycles. The summed E-state index contributed by atoms with van der Waals surface area (Å²) in [7, 11) is 1.56. The van der Waals surface area contributed by atoms with Gasteiger partial charge in [0.15, 0.2) is 0 Å². The highest BCUT2D eigenvalue weighted by Gasteiger charge is 2.19. The summed E-state index contributed by atoms with van der Waals surface area (Å²) in [5, 5.41) is 9.97. The summed E-state index contributed by atoms with van der Waals surface area (Å²) in [6.07, 6.45) is 0. The van der Waals surface area contributed by atoms with Gasteiger partial charge in [0.05, 0.1) is 0 Å². The summed E-state index contributed by atoms with van der Waals surface area (Å²) < 4.78 is 5.18. The molecular formula is C17H13NO4. The zero-order valence-corrected chi connectivity index (χ0v) is 11.8. The van der Waals surface area contributed by atoms with Gasteiger partial charge in [-0.3, -0.25) is 4.79 Å². The van der Waals surface area contributed by atoms with E-state index in [0.29, 0.717) is 16.7 Å². The second kappa shape index (κ2) is 5.37. The van der Waals surface area contributed by atoms with Crippen molar-refractivity contribution in [1.29, 1.82) is 0 Å². The van der Waals surface area contributed by atoms with Crippen LogP contribution in [0.25, 0.3) is 11.0 Å². The smallest absolute Gasteiger partial charge is 0.349 e. The van der Waals surface area contributed by atoms with E-state index in [1.54, 1.807) is 43.4 Å². The van der Waals surface area contributed by atoms with Crippen molar-refractivity contribution in [3.63, 3.8) is 0 Å². The van der Waals surface area contributed by atoms with E-state index < -0.39 is 11.5 Å². The molecule has 0 aliphatic heterocycles. The molecule has 22 heavy (non-hydrogen) atoms. The minimum atomic E-state index is -0.672. The predicted octanol–water partition coefficient (Wildman–Crippen LogP) is 2.78. The van der Waals surface area contributed by atoms with Crippen molar-refractivity contribution in [2.75, 3.05) is 11.9 Å². The van der Waals surface area contributed by atoms with Crippen LogP contribution in [0, 0.1) is 0 Å². The number of benzene rings is 2. The van der Waals surface area contributed by atoms with Crippen LogP contribution in [0.15, 0.2) is 63.8 Å². The lowest BCUT2D eigenvalue weighted by molar-refractivity contribution is 0.0989. The third-order valence-corrected chi connectivity index (χ3v) is 3.41. The van der Waals surface area contributed by atoms with E-state index in [1.165, 1.54) is 23.1 Å². The van der Waals surface area contributed by atoms with Gasteiger partial charge in [0, 0.05) is 18.1 Å². The van der Waals surface area contributed by atoms with Gasteiger partial charge in [-0.2, -0.15) is 0 Å². The number of nitrogens with zero attached hydrogens (tertiary/aromatic N) is 1. The molecular weight excluding hydrogens is 282 g/mol. The Bertz CT molecular complexity index is 896. The number of anilines is 1. The number of phenolic OH excluding ortho intramolecular Hbond substituents is 1. The predicted molar refractivity (Wildman–Crippen MR) is 83.3 cm³/mol. The highest BCUT2D eigenvalue weighted by molar-refractivity contribution is 6.06. The van der Waals surface area contributed by atoms with Crippen LogP contribution in [0.4, 0.5) is 5.69 Å². The molecule has 0 spiro atoms. The summed E-state index contributed by atoms with van der Waals surface area (Å²) >= 11 is 0. The van der Waals surface area contributed by atoms with Gasteiger partial charge in [0.25, 0.3) is 5.91 Å². The Morgan fingerprint density at radius 3 is 2.50 bits per heavy atom. The number of fused-ring (bicyclic) bond motifs is 1. The van der Waals surface area contributed by atoms with Gasteiger partial charge in [-0.15, -0.1) is 0 Å². The number of hydrogen-bond acceptors (Lipinski definition) is 4. The Morgan fingerprint density at radius 1 is 1.09 bits per heavy atom. The quantitative estimate of drug-likeness (QED) is 0.738. The first kappa shape index (κ1) is 13.9. The number of carbonyl (C=O) groups is 1. The summed E-state index contributed by atoms with van der Waals surface area (Å²) in [6, 6.07) is 14.7. The van der Waals surface area contributed by atoms with Crippen molar-refractivity contribution in [2.45, 2.75) is 0 Å². The Kier molecular flexibility index (Phi) is 3.39. The Balaban J connectivity index is 2.02. The van der Waals surface area contributed by atoms with Crippen molar-refractivity contribution < 1.29 is 14.3 Å². The first-order valence-corrected chi connectivity index (χ1v) is 6.66. The molecule has 1 heterocycles. The number of hydrogen-bond donors (Lipinski definition) is 1. The fraction of sp³-hybridized carbons (Fsp3) is 0.0588. The number of phenols is 1. The summed E-state index contributed by atoms with van der Waals surface area (Å²) in [5.74, 6) is -0.361. The highest BCUT2D eigenvalue weighted by Crippen LogP contribution is 2.19. The van der Waals surface area contributed by atoms with Crippen LogP contribution >= 0.6 is 0 Å². The second-order valence-electron chi connectivity index (χ2n) is 4.87. The van der Waals surface area contributed by atoms with Crippen LogP contribution in [-0.4, -0.2) is 18.1 Å². The molecule has 0 saturated heterocycles. The van der Waals surface area contributed by atoms with Gasteiger partial charge in [0.2, 0.25) is 0 Å². The summed E-state index contributed by atoms with van der Waals surface area (Å²) in [4.78, 5) is 25.8. The van der Waals surface area contributed by atoms with E-state index in [-0.39, 0.29) is 11.3 Å². The Labute approximate surface area is 126 Å². The molecule has 1 aromatic heterocycles. The van der Waals surface area contributed by atoms with E-state index in [9.17, 15) is 14.7 Å². The van der Waals surface area contributed by atoms with E-state index >= 15 is 0 Å². The lowest BCUT2D eigenvalue weighted by atomic mass is 10.1. The molecule has 110 valence electrons. The maximum absolute atomic E-state index is 12.5. The zero-order chi connectivity index (χ0) is 15.7. The van der Waals surface area contributed by atoms with E-state index in [4.69, 9.17) is 4.42 Å². The molecule has 0 atom stereocenters. The van der Waals surface area contributed by atoms with Crippen molar-refractivity contribution in [2.24, 2.45) is 0 Å². The average Bonchev–Trinajstić information content (AvgIpc) is 2.53. The average molecular weight is 295 g/mol. The SMILES string of the molecule is CN(C(=O)c1cc2ccccc2oc1=O)c1ccc(O)cc1. The largest absolute Gasteiger partial charge is 0.508 e. The lowest BCUT2D eigenvalue weighted by Gasteiger charge is -2.16. The maximum Gasteiger partial charge on any atom is 0.349 e. The molecule has 0 bridgehead atoms. The molecule has 1 N–H and O–H groups in total. The van der Waals surface area contributed by atoms with Gasteiger partial charge in [-0.25, -0.2) is 4.79 Å². The van der Waals surface area contributed by atoms with Gasteiger partial charge in [-0.05, 0) is 36.4 Å². The van der Waals surface area contributed by atoms with Crippen LogP contribution < -0.4 is 10.5 Å². The van der Waals surface area contributed by atoms with Crippen LogP contribution in [-0.2, 0) is 0 Å². The normalized spacial score (nSPS) is 10.6. The van der Waals surface area contributed by atoms with Gasteiger partial charge >= 0.3 is 5.63 Å². The molecule has 3 rings (SSSR count). The number of para-hydroxylation sites is 1. The van der Waals surface area contributed by atoms with Crippen LogP contribution in [0.3, 0.4) is 0 Å². The maximum atomic E-state index is 12.5. The van der Waals surface area contributed by atoms with Crippen LogP contribution in [0.2, 0.25) is 0 Å². The number of amides is 1. The van der Waals surface area contributed by atoms with Gasteiger partial charge < -0.3 is 14.4 Å². The van der Waals surface area contributed by atoms with E-state index in [1.807, 2.05) is 0 Å². The Hall–Kier alpha value is -3.08. The van der Waals surface area contributed by atoms with Crippen molar-refractivity contribution in [3.05, 3.63) is 70.6 Å². The van der Waals surface area contributed by atoms with Crippen LogP contribution in [0.5, 0.6) is 5.75 Å². The number of aromatic hydroxyl groups is 1. The first-order chi connectivity index (χ1) is 10.6. The van der Waals surface area contributed by atoms with Crippen molar-refractivity contribution in [3.8, 4) is 5.75 Å². The van der Waals surface area contributed by atoms with E-state index in [2.05, 4.69) is 0 Å². The van der Waals surface area contributed by atoms with Gasteiger partial charge in [-0.1, -0.05) is 18.2 Å². The third kappa shape index (κ3) is 2.44. The molecule has 0 aliphatic rings. The van der Waals surface area contributed by atoms with Crippen molar-refractivity contribution >= 4 is 22.6 Å². The summed E-state index contributed by atoms with van der Waals surface area (Å²) in [5.41, 5.74) is 0.301. The second-order valence-corrected chi connectivity index (χ2v) is 4.87. The molecule has 0 radical (unpaired) electrons. The molecule has 0 fully saturated rings. The van der Waals surface area contributed by atoms with Gasteiger partial charge in [0.1, 0.15) is 16.9 Å². The minimum absolute atomic E-state index is 0.0331. The topological polar surface area (TPSA) is 70.8 Å². The number of carbonyl (C=O) groups excluding carboxylic acids is 1. The van der Waals surface area contributed by atoms with E-state index in [0.717, 1.165) is 0 Å². The monoisotopic (exact) mass is 295 g/mol. The lowest BCUT2D eigenvalue weighted by Crippen LogP contribution is -2.30. The van der Waals surface area contributed by atoms with Crippen molar-refractivity contribution in [1.82, 2.24) is 0 Å². The third-order valence-electron chi connectivity index (χ3n) is 3.41. The molecule has 5 heteroatoms. The summed E-state index contributed by atoms with van der Waals surface area (Å²) in [6.45, 7) is 0. The minimum Gasteiger partial charge on any atom is -0.508 e. The molecule has 0 saturated carbocycles. The standard InChI is InChI=1S/C17H13NO4/c1-18(12-6-8-13(19)9-7-12)16(20)14-10-11-4-2-3-5-15(11)22-17(14)21/h2-10,19H,1H3.